The predicted octanol–water partition coefficient (Wildman–Crippen LogP) is 3.75. The third-order valence-corrected chi connectivity index (χ3v) is 5.09. The number of benzene rings is 1. The molecular formula is C21H33FIN5. The fourth-order valence-electron chi connectivity index (χ4n) is 3.73. The molecule has 1 unspecified atom stereocenters. The minimum atomic E-state index is -0.210. The summed E-state index contributed by atoms with van der Waals surface area (Å²) in [5.41, 5.74) is 2.04. The van der Waals surface area contributed by atoms with Gasteiger partial charge in [-0.25, -0.2) is 4.39 Å². The topological polar surface area (TPSA) is 55.5 Å². The summed E-state index contributed by atoms with van der Waals surface area (Å²) in [5, 5.41) is 7.83. The zero-order chi connectivity index (χ0) is 19.1. The van der Waals surface area contributed by atoms with Gasteiger partial charge in [0.05, 0.1) is 0 Å². The van der Waals surface area contributed by atoms with Crippen LogP contribution in [-0.2, 0) is 6.42 Å². The van der Waals surface area contributed by atoms with Crippen molar-refractivity contribution >= 4 is 40.8 Å². The number of hydrogen-bond acceptors (Lipinski definition) is 2. The van der Waals surface area contributed by atoms with Crippen molar-refractivity contribution in [3.8, 4) is 0 Å². The Labute approximate surface area is 184 Å². The maximum atomic E-state index is 13.3. The summed E-state index contributed by atoms with van der Waals surface area (Å²) in [5.74, 6) is 1.22. The largest absolute Gasteiger partial charge is 0.361 e. The molecular weight excluding hydrogens is 468 g/mol. The van der Waals surface area contributed by atoms with Crippen LogP contribution in [0.1, 0.15) is 32.3 Å². The van der Waals surface area contributed by atoms with E-state index in [1.807, 2.05) is 12.3 Å². The first-order valence-corrected chi connectivity index (χ1v) is 10.2. The monoisotopic (exact) mass is 501 g/mol. The molecule has 0 amide bonds. The van der Waals surface area contributed by atoms with Crippen molar-refractivity contribution in [1.29, 1.82) is 0 Å². The van der Waals surface area contributed by atoms with Crippen molar-refractivity contribution in [2.75, 3.05) is 39.3 Å². The summed E-state index contributed by atoms with van der Waals surface area (Å²) in [6.45, 7) is 10.4. The van der Waals surface area contributed by atoms with Crippen LogP contribution in [-0.4, -0.2) is 55.1 Å². The van der Waals surface area contributed by atoms with Crippen molar-refractivity contribution in [2.45, 2.75) is 33.1 Å². The second-order valence-corrected chi connectivity index (χ2v) is 7.51. The maximum absolute atomic E-state index is 13.3. The Morgan fingerprint density at radius 3 is 2.82 bits per heavy atom. The highest BCUT2D eigenvalue weighted by Crippen LogP contribution is 2.19. The van der Waals surface area contributed by atoms with E-state index in [1.54, 1.807) is 6.07 Å². The summed E-state index contributed by atoms with van der Waals surface area (Å²) in [6.07, 6.45) is 5.49. The number of aliphatic imine (C=N–C) groups is 1. The number of nitrogens with zero attached hydrogens (tertiary/aromatic N) is 2. The number of H-pyrrole nitrogens is 1. The van der Waals surface area contributed by atoms with Crippen LogP contribution in [0.3, 0.4) is 0 Å². The van der Waals surface area contributed by atoms with Gasteiger partial charge in [0.15, 0.2) is 5.96 Å². The average molecular weight is 501 g/mol. The highest BCUT2D eigenvalue weighted by Gasteiger charge is 2.14. The van der Waals surface area contributed by atoms with Crippen molar-refractivity contribution in [3.05, 3.63) is 35.8 Å². The molecule has 1 aromatic carbocycles. The Hall–Kier alpha value is -1.35. The van der Waals surface area contributed by atoms with Crippen LogP contribution < -0.4 is 10.6 Å². The first-order chi connectivity index (χ1) is 13.2. The zero-order valence-corrected chi connectivity index (χ0v) is 19.3. The Morgan fingerprint density at radius 1 is 1.29 bits per heavy atom. The van der Waals surface area contributed by atoms with E-state index in [9.17, 15) is 4.39 Å². The minimum Gasteiger partial charge on any atom is -0.361 e. The van der Waals surface area contributed by atoms with Crippen molar-refractivity contribution in [2.24, 2.45) is 10.9 Å². The predicted molar refractivity (Wildman–Crippen MR) is 126 cm³/mol. The molecule has 1 atom stereocenters. The quantitative estimate of drug-likeness (QED) is 0.294. The van der Waals surface area contributed by atoms with Crippen molar-refractivity contribution < 1.29 is 4.39 Å². The molecule has 2 heterocycles. The molecule has 1 aromatic heterocycles. The van der Waals surface area contributed by atoms with E-state index in [0.29, 0.717) is 5.92 Å². The van der Waals surface area contributed by atoms with Gasteiger partial charge in [0.2, 0.25) is 0 Å². The molecule has 0 bridgehead atoms. The van der Waals surface area contributed by atoms with E-state index < -0.39 is 0 Å². The molecule has 3 N–H and O–H groups in total. The van der Waals surface area contributed by atoms with E-state index in [4.69, 9.17) is 4.99 Å². The fourth-order valence-corrected chi connectivity index (χ4v) is 3.73. The number of likely N-dealkylation sites (tertiary alicyclic amines) is 1. The van der Waals surface area contributed by atoms with Gasteiger partial charge in [-0.05, 0) is 69.0 Å². The van der Waals surface area contributed by atoms with Crippen LogP contribution in [0.25, 0.3) is 10.9 Å². The highest BCUT2D eigenvalue weighted by atomic mass is 127. The van der Waals surface area contributed by atoms with Crippen LogP contribution >= 0.6 is 24.0 Å². The summed E-state index contributed by atoms with van der Waals surface area (Å²) < 4.78 is 13.3. The molecule has 0 saturated carbocycles. The SMILES string of the molecule is CCNC(=NCC(C)CN1CCCC1)NCCc1c[nH]c2cc(F)ccc12.I. The van der Waals surface area contributed by atoms with Gasteiger partial charge < -0.3 is 20.5 Å². The Kier molecular flexibility index (Phi) is 9.50. The number of halogens is 2. The van der Waals surface area contributed by atoms with Crippen LogP contribution in [0.4, 0.5) is 4.39 Å². The van der Waals surface area contributed by atoms with E-state index in [-0.39, 0.29) is 29.8 Å². The fraction of sp³-hybridized carbons (Fsp3) is 0.571. The molecule has 156 valence electrons. The summed E-state index contributed by atoms with van der Waals surface area (Å²) in [6, 6.07) is 4.90. The van der Waals surface area contributed by atoms with Gasteiger partial charge in [-0.1, -0.05) is 6.92 Å². The lowest BCUT2D eigenvalue weighted by Crippen LogP contribution is -2.39. The van der Waals surface area contributed by atoms with Gasteiger partial charge in [-0.3, -0.25) is 4.99 Å². The van der Waals surface area contributed by atoms with E-state index in [1.165, 1.54) is 37.6 Å². The lowest BCUT2D eigenvalue weighted by atomic mass is 10.1. The molecule has 5 nitrogen and oxygen atoms in total. The third kappa shape index (κ3) is 6.62. The molecule has 1 saturated heterocycles. The summed E-state index contributed by atoms with van der Waals surface area (Å²) in [7, 11) is 0. The van der Waals surface area contributed by atoms with Crippen molar-refractivity contribution in [1.82, 2.24) is 20.5 Å². The lowest BCUT2D eigenvalue weighted by molar-refractivity contribution is 0.291. The number of hydrogen-bond donors (Lipinski definition) is 3. The van der Waals surface area contributed by atoms with Gasteiger partial charge in [0, 0.05) is 43.3 Å². The Morgan fingerprint density at radius 2 is 2.07 bits per heavy atom. The summed E-state index contributed by atoms with van der Waals surface area (Å²) in [4.78, 5) is 10.4. The van der Waals surface area contributed by atoms with Crippen LogP contribution in [0, 0.1) is 11.7 Å². The number of fused-ring (bicyclic) bond motifs is 1. The molecule has 2 aromatic rings. The minimum absolute atomic E-state index is 0. The second-order valence-electron chi connectivity index (χ2n) is 7.51. The highest BCUT2D eigenvalue weighted by molar-refractivity contribution is 14.0. The standard InChI is InChI=1S/C21H32FN5.HI/c1-3-23-21(26-13-16(2)15-27-10-4-5-11-27)24-9-8-17-14-25-20-12-18(22)6-7-19(17)20;/h6-7,12,14,16,25H,3-5,8-11,13,15H2,1-2H3,(H2,23,24,26);1H. The van der Waals surface area contributed by atoms with Gasteiger partial charge in [0.25, 0.3) is 0 Å². The first kappa shape index (κ1) is 22.9. The maximum Gasteiger partial charge on any atom is 0.191 e. The number of aromatic amines is 1. The molecule has 1 fully saturated rings. The van der Waals surface area contributed by atoms with Crippen molar-refractivity contribution in [3.63, 3.8) is 0 Å². The first-order valence-electron chi connectivity index (χ1n) is 10.2. The number of nitrogens with one attached hydrogen (secondary N) is 3. The summed E-state index contributed by atoms with van der Waals surface area (Å²) >= 11 is 0. The number of rotatable bonds is 8. The molecule has 0 aliphatic carbocycles. The molecule has 28 heavy (non-hydrogen) atoms. The van der Waals surface area contributed by atoms with Crippen LogP contribution in [0.5, 0.6) is 0 Å². The van der Waals surface area contributed by atoms with E-state index in [0.717, 1.165) is 49.5 Å². The number of aromatic nitrogens is 1. The normalized spacial score (nSPS) is 16.2. The lowest BCUT2D eigenvalue weighted by Gasteiger charge is -2.19. The van der Waals surface area contributed by atoms with E-state index >= 15 is 0 Å². The van der Waals surface area contributed by atoms with Gasteiger partial charge in [-0.2, -0.15) is 0 Å². The Balaban J connectivity index is 0.00000280. The van der Waals surface area contributed by atoms with Gasteiger partial charge >= 0.3 is 0 Å². The zero-order valence-electron chi connectivity index (χ0n) is 16.9. The van der Waals surface area contributed by atoms with Crippen LogP contribution in [0.2, 0.25) is 0 Å². The molecule has 1 aliphatic rings. The molecule has 7 heteroatoms. The third-order valence-electron chi connectivity index (χ3n) is 5.09. The van der Waals surface area contributed by atoms with Crippen LogP contribution in [0.15, 0.2) is 29.4 Å². The average Bonchev–Trinajstić information content (AvgIpc) is 3.29. The molecule has 3 rings (SSSR count). The van der Waals surface area contributed by atoms with E-state index in [2.05, 4.69) is 34.4 Å². The Bertz CT molecular complexity index is 754. The second kappa shape index (κ2) is 11.6. The molecule has 1 aliphatic heterocycles. The smallest absolute Gasteiger partial charge is 0.191 e. The molecule has 0 radical (unpaired) electrons. The molecule has 0 spiro atoms. The van der Waals surface area contributed by atoms with Gasteiger partial charge in [-0.15, -0.1) is 24.0 Å². The number of guanidine groups is 1. The van der Waals surface area contributed by atoms with Gasteiger partial charge in [0.1, 0.15) is 5.82 Å².